The van der Waals surface area contributed by atoms with Crippen LogP contribution in [0.1, 0.15) is 52.4 Å². The molecule has 5 heteroatoms. The number of nitrogens with two attached hydrogens (primary N) is 1. The molecule has 1 amide bonds. The number of hydrogen-bond acceptors (Lipinski definition) is 3. The first-order valence-corrected chi connectivity index (χ1v) is 6.38. The van der Waals surface area contributed by atoms with Gasteiger partial charge in [0.25, 0.3) is 0 Å². The van der Waals surface area contributed by atoms with E-state index in [2.05, 4.69) is 15.3 Å². The number of aromatic amines is 1. The lowest BCUT2D eigenvalue weighted by molar-refractivity contribution is -0.122. The molecule has 0 bridgehead atoms. The summed E-state index contributed by atoms with van der Waals surface area (Å²) in [6.45, 7) is 8.12. The van der Waals surface area contributed by atoms with Gasteiger partial charge in [-0.2, -0.15) is 0 Å². The number of aromatic nitrogens is 2. The van der Waals surface area contributed by atoms with Crippen LogP contribution in [0.25, 0.3) is 0 Å². The van der Waals surface area contributed by atoms with E-state index in [0.29, 0.717) is 6.42 Å². The highest BCUT2D eigenvalue weighted by atomic mass is 16.1. The maximum absolute atomic E-state index is 11.9. The highest BCUT2D eigenvalue weighted by Gasteiger charge is 2.24. The van der Waals surface area contributed by atoms with Crippen LogP contribution in [-0.4, -0.2) is 21.9 Å². The lowest BCUT2D eigenvalue weighted by Crippen LogP contribution is -2.41. The molecule has 0 aromatic carbocycles. The van der Waals surface area contributed by atoms with E-state index in [-0.39, 0.29) is 23.4 Å². The summed E-state index contributed by atoms with van der Waals surface area (Å²) in [5.41, 5.74) is 5.94. The Morgan fingerprint density at radius 1 is 1.56 bits per heavy atom. The van der Waals surface area contributed by atoms with Crippen molar-refractivity contribution < 1.29 is 4.79 Å². The standard InChI is InChI=1S/C13H24N4O/c1-5-9(12-15-6-7-16-12)17-11(18)8-10(14)13(2,3)4/h6-7,9-10H,5,8,14H2,1-4H3,(H,15,16)(H,17,18). The number of nitrogens with one attached hydrogen (secondary N) is 2. The van der Waals surface area contributed by atoms with Crippen molar-refractivity contribution in [2.24, 2.45) is 11.1 Å². The molecule has 18 heavy (non-hydrogen) atoms. The Kier molecular flexibility index (Phi) is 4.90. The van der Waals surface area contributed by atoms with Crippen LogP contribution in [0.15, 0.2) is 12.4 Å². The SMILES string of the molecule is CCC(NC(=O)CC(N)C(C)(C)C)c1ncc[nH]1. The Labute approximate surface area is 109 Å². The first kappa shape index (κ1) is 14.7. The Morgan fingerprint density at radius 3 is 2.67 bits per heavy atom. The molecule has 102 valence electrons. The largest absolute Gasteiger partial charge is 0.347 e. The van der Waals surface area contributed by atoms with Gasteiger partial charge in [0.1, 0.15) is 5.82 Å². The first-order valence-electron chi connectivity index (χ1n) is 6.38. The number of amides is 1. The number of carbonyl (C=O) groups is 1. The van der Waals surface area contributed by atoms with Crippen LogP contribution < -0.4 is 11.1 Å². The molecule has 0 fully saturated rings. The molecule has 1 heterocycles. The minimum atomic E-state index is -0.147. The Bertz CT molecular complexity index is 367. The fourth-order valence-corrected chi connectivity index (χ4v) is 1.59. The third-order valence-electron chi connectivity index (χ3n) is 3.11. The average molecular weight is 252 g/mol. The van der Waals surface area contributed by atoms with Crippen molar-refractivity contribution in [1.29, 1.82) is 0 Å². The number of imidazole rings is 1. The van der Waals surface area contributed by atoms with Crippen molar-refractivity contribution in [1.82, 2.24) is 15.3 Å². The molecule has 2 unspecified atom stereocenters. The smallest absolute Gasteiger partial charge is 0.222 e. The Hall–Kier alpha value is -1.36. The summed E-state index contributed by atoms with van der Waals surface area (Å²) in [5.74, 6) is 0.760. The molecule has 0 saturated heterocycles. The van der Waals surface area contributed by atoms with Gasteiger partial charge >= 0.3 is 0 Å². The van der Waals surface area contributed by atoms with E-state index in [1.165, 1.54) is 0 Å². The molecule has 0 aliphatic carbocycles. The second kappa shape index (κ2) is 6.00. The van der Waals surface area contributed by atoms with Gasteiger partial charge in [-0.15, -0.1) is 0 Å². The van der Waals surface area contributed by atoms with E-state index in [9.17, 15) is 4.79 Å². The number of rotatable bonds is 5. The van der Waals surface area contributed by atoms with Crippen molar-refractivity contribution in [2.75, 3.05) is 0 Å². The lowest BCUT2D eigenvalue weighted by atomic mass is 9.85. The third kappa shape index (κ3) is 4.14. The molecular formula is C13H24N4O. The number of H-pyrrole nitrogens is 1. The number of nitrogens with zero attached hydrogens (tertiary/aromatic N) is 1. The van der Waals surface area contributed by atoms with Gasteiger partial charge in [0.05, 0.1) is 6.04 Å². The first-order chi connectivity index (χ1) is 8.34. The van der Waals surface area contributed by atoms with Crippen molar-refractivity contribution in [2.45, 2.75) is 52.6 Å². The topological polar surface area (TPSA) is 83.8 Å². The van der Waals surface area contributed by atoms with Crippen molar-refractivity contribution >= 4 is 5.91 Å². The molecular weight excluding hydrogens is 228 g/mol. The third-order valence-corrected chi connectivity index (χ3v) is 3.11. The highest BCUT2D eigenvalue weighted by Crippen LogP contribution is 2.20. The van der Waals surface area contributed by atoms with Gasteiger partial charge in [-0.25, -0.2) is 4.98 Å². The van der Waals surface area contributed by atoms with Crippen LogP contribution >= 0.6 is 0 Å². The second-order valence-electron chi connectivity index (χ2n) is 5.68. The van der Waals surface area contributed by atoms with Gasteiger partial charge in [0.15, 0.2) is 0 Å². The van der Waals surface area contributed by atoms with E-state index in [1.54, 1.807) is 12.4 Å². The van der Waals surface area contributed by atoms with E-state index >= 15 is 0 Å². The molecule has 2 atom stereocenters. The maximum atomic E-state index is 11.9. The Balaban J connectivity index is 2.54. The minimum Gasteiger partial charge on any atom is -0.347 e. The van der Waals surface area contributed by atoms with Crippen LogP contribution in [0.3, 0.4) is 0 Å². The summed E-state index contributed by atoms with van der Waals surface area (Å²) >= 11 is 0. The zero-order valence-corrected chi connectivity index (χ0v) is 11.7. The van der Waals surface area contributed by atoms with Gasteiger partial charge in [-0.05, 0) is 11.8 Å². The molecule has 1 aromatic heterocycles. The molecule has 1 aromatic rings. The Morgan fingerprint density at radius 2 is 2.22 bits per heavy atom. The summed E-state index contributed by atoms with van der Waals surface area (Å²) < 4.78 is 0. The molecule has 5 nitrogen and oxygen atoms in total. The van der Waals surface area contributed by atoms with Gasteiger partial charge in [-0.1, -0.05) is 27.7 Å². The number of carbonyl (C=O) groups excluding carboxylic acids is 1. The van der Waals surface area contributed by atoms with Crippen molar-refractivity contribution in [3.8, 4) is 0 Å². The summed E-state index contributed by atoms with van der Waals surface area (Å²) in [4.78, 5) is 19.1. The number of hydrogen-bond donors (Lipinski definition) is 3. The normalized spacial score (nSPS) is 15.2. The summed E-state index contributed by atoms with van der Waals surface area (Å²) in [5, 5.41) is 2.96. The molecule has 0 aliphatic rings. The molecule has 0 aliphatic heterocycles. The monoisotopic (exact) mass is 252 g/mol. The van der Waals surface area contributed by atoms with Gasteiger partial charge < -0.3 is 16.0 Å². The van der Waals surface area contributed by atoms with E-state index in [0.717, 1.165) is 12.2 Å². The van der Waals surface area contributed by atoms with Gasteiger partial charge in [0, 0.05) is 24.9 Å². The highest BCUT2D eigenvalue weighted by molar-refractivity contribution is 5.77. The van der Waals surface area contributed by atoms with Crippen molar-refractivity contribution in [3.05, 3.63) is 18.2 Å². The maximum Gasteiger partial charge on any atom is 0.222 e. The quantitative estimate of drug-likeness (QED) is 0.746. The lowest BCUT2D eigenvalue weighted by Gasteiger charge is -2.27. The molecule has 0 radical (unpaired) electrons. The van der Waals surface area contributed by atoms with Crippen molar-refractivity contribution in [3.63, 3.8) is 0 Å². The van der Waals surface area contributed by atoms with Crippen LogP contribution in [0.4, 0.5) is 0 Å². The van der Waals surface area contributed by atoms with Gasteiger partial charge in [0.2, 0.25) is 5.91 Å². The summed E-state index contributed by atoms with van der Waals surface area (Å²) in [6, 6.07) is -0.216. The molecule has 4 N–H and O–H groups in total. The van der Waals surface area contributed by atoms with Crippen LogP contribution in [0.2, 0.25) is 0 Å². The van der Waals surface area contributed by atoms with E-state index < -0.39 is 0 Å². The minimum absolute atomic E-state index is 0.0272. The predicted octanol–water partition coefficient (Wildman–Crippen LogP) is 1.74. The fraction of sp³-hybridized carbons (Fsp3) is 0.692. The van der Waals surface area contributed by atoms with Gasteiger partial charge in [-0.3, -0.25) is 4.79 Å². The molecule has 1 rings (SSSR count). The summed E-state index contributed by atoms with van der Waals surface area (Å²) in [6.07, 6.45) is 4.57. The van der Waals surface area contributed by atoms with Crippen LogP contribution in [-0.2, 0) is 4.79 Å². The molecule has 0 spiro atoms. The molecule has 0 saturated carbocycles. The second-order valence-corrected chi connectivity index (χ2v) is 5.68. The fourth-order valence-electron chi connectivity index (χ4n) is 1.59. The summed E-state index contributed by atoms with van der Waals surface area (Å²) in [7, 11) is 0. The van der Waals surface area contributed by atoms with Crippen LogP contribution in [0.5, 0.6) is 0 Å². The van der Waals surface area contributed by atoms with E-state index in [1.807, 2.05) is 27.7 Å². The van der Waals surface area contributed by atoms with E-state index in [4.69, 9.17) is 5.73 Å². The van der Waals surface area contributed by atoms with Crippen LogP contribution in [0, 0.1) is 5.41 Å². The predicted molar refractivity (Wildman–Crippen MR) is 71.8 cm³/mol. The zero-order valence-electron chi connectivity index (χ0n) is 11.7. The zero-order chi connectivity index (χ0) is 13.8. The average Bonchev–Trinajstić information content (AvgIpc) is 2.77.